The van der Waals surface area contributed by atoms with Gasteiger partial charge in [-0.05, 0) is 18.6 Å². The largest absolute Gasteiger partial charge is 0.468 e. The van der Waals surface area contributed by atoms with Crippen molar-refractivity contribution < 1.29 is 9.15 Å². The van der Waals surface area contributed by atoms with E-state index >= 15 is 0 Å². The highest BCUT2D eigenvalue weighted by Crippen LogP contribution is 2.16. The summed E-state index contributed by atoms with van der Waals surface area (Å²) in [6.45, 7) is 3.60. The molecule has 0 spiro atoms. The first kappa shape index (κ1) is 12.0. The second-order valence-electron chi connectivity index (χ2n) is 2.92. The summed E-state index contributed by atoms with van der Waals surface area (Å²) in [4.78, 5) is 0. The fourth-order valence-electron chi connectivity index (χ4n) is 1.00. The summed E-state index contributed by atoms with van der Waals surface area (Å²) in [5.74, 6) is 3.81. The topological polar surface area (TPSA) is 22.4 Å². The van der Waals surface area contributed by atoms with Gasteiger partial charge in [-0.1, -0.05) is 0 Å². The van der Waals surface area contributed by atoms with Crippen molar-refractivity contribution in [3.8, 4) is 0 Å². The summed E-state index contributed by atoms with van der Waals surface area (Å²) in [5, 5.41) is 0. The smallest absolute Gasteiger partial charge is 0.116 e. The van der Waals surface area contributed by atoms with Crippen molar-refractivity contribution in [2.75, 3.05) is 24.7 Å². The van der Waals surface area contributed by atoms with Crippen LogP contribution in [-0.4, -0.2) is 24.7 Å². The molecule has 0 amide bonds. The van der Waals surface area contributed by atoms with Crippen LogP contribution in [0, 0.1) is 6.92 Å². The van der Waals surface area contributed by atoms with Crippen molar-refractivity contribution in [3.63, 3.8) is 0 Å². The van der Waals surface area contributed by atoms with Crippen molar-refractivity contribution in [2.45, 2.75) is 12.7 Å². The van der Waals surface area contributed by atoms with Crippen LogP contribution < -0.4 is 0 Å². The van der Waals surface area contributed by atoms with E-state index in [1.54, 1.807) is 6.26 Å². The minimum Gasteiger partial charge on any atom is -0.468 e. The minimum absolute atomic E-state index is 0.740. The van der Waals surface area contributed by atoms with Gasteiger partial charge in [-0.25, -0.2) is 0 Å². The van der Waals surface area contributed by atoms with Crippen LogP contribution in [0.1, 0.15) is 11.3 Å². The van der Waals surface area contributed by atoms with E-state index in [0.29, 0.717) is 0 Å². The first-order chi connectivity index (χ1) is 6.84. The average Bonchev–Trinajstić information content (AvgIpc) is 2.58. The monoisotopic (exact) mass is 232 g/mol. The van der Waals surface area contributed by atoms with E-state index in [1.807, 2.05) is 17.8 Å². The quantitative estimate of drug-likeness (QED) is 0.577. The van der Waals surface area contributed by atoms with Gasteiger partial charge in [0.1, 0.15) is 5.76 Å². The SMILES string of the molecule is Cc1ccoc1CSCCOCCS. The molecule has 4 heteroatoms. The third-order valence-corrected chi connectivity index (χ3v) is 2.91. The Hall–Kier alpha value is -0.0600. The number of hydrogen-bond donors (Lipinski definition) is 1. The average molecular weight is 232 g/mol. The van der Waals surface area contributed by atoms with Crippen molar-refractivity contribution in [1.29, 1.82) is 0 Å². The van der Waals surface area contributed by atoms with Gasteiger partial charge in [0.05, 0.1) is 25.2 Å². The summed E-state index contributed by atoms with van der Waals surface area (Å²) in [6.07, 6.45) is 1.74. The fraction of sp³-hybridized carbons (Fsp3) is 0.600. The van der Waals surface area contributed by atoms with Gasteiger partial charge < -0.3 is 9.15 Å². The number of thioether (sulfide) groups is 1. The number of rotatable bonds is 7. The molecule has 1 aromatic rings. The Bertz CT molecular complexity index is 248. The van der Waals surface area contributed by atoms with Gasteiger partial charge in [-0.3, -0.25) is 0 Å². The number of ether oxygens (including phenoxy) is 1. The molecule has 0 unspecified atom stereocenters. The molecule has 0 saturated carbocycles. The Morgan fingerprint density at radius 2 is 2.36 bits per heavy atom. The molecule has 0 aliphatic heterocycles. The van der Waals surface area contributed by atoms with E-state index in [4.69, 9.17) is 9.15 Å². The zero-order chi connectivity index (χ0) is 10.2. The van der Waals surface area contributed by atoms with Gasteiger partial charge >= 0.3 is 0 Å². The minimum atomic E-state index is 0.740. The van der Waals surface area contributed by atoms with Crippen molar-refractivity contribution in [3.05, 3.63) is 23.7 Å². The first-order valence-electron chi connectivity index (χ1n) is 4.64. The van der Waals surface area contributed by atoms with Gasteiger partial charge in [0.25, 0.3) is 0 Å². The lowest BCUT2D eigenvalue weighted by Crippen LogP contribution is -2.00. The van der Waals surface area contributed by atoms with E-state index in [2.05, 4.69) is 19.6 Å². The fourth-order valence-corrected chi connectivity index (χ4v) is 1.99. The molecule has 0 aliphatic rings. The van der Waals surface area contributed by atoms with Crippen LogP contribution in [0.5, 0.6) is 0 Å². The molecular formula is C10H16O2S2. The van der Waals surface area contributed by atoms with E-state index in [-0.39, 0.29) is 0 Å². The first-order valence-corrected chi connectivity index (χ1v) is 6.42. The van der Waals surface area contributed by atoms with Crippen LogP contribution in [0.25, 0.3) is 0 Å². The molecule has 0 saturated heterocycles. The molecule has 14 heavy (non-hydrogen) atoms. The van der Waals surface area contributed by atoms with E-state index < -0.39 is 0 Å². The zero-order valence-corrected chi connectivity index (χ0v) is 10.1. The van der Waals surface area contributed by atoms with Gasteiger partial charge in [0.2, 0.25) is 0 Å². The second kappa shape index (κ2) is 7.26. The summed E-state index contributed by atoms with van der Waals surface area (Å²) >= 11 is 5.89. The lowest BCUT2D eigenvalue weighted by Gasteiger charge is -2.01. The molecule has 0 bridgehead atoms. The van der Waals surface area contributed by atoms with Gasteiger partial charge in [-0.2, -0.15) is 24.4 Å². The Morgan fingerprint density at radius 3 is 3.00 bits per heavy atom. The molecule has 0 fully saturated rings. The predicted octanol–water partition coefficient (Wildman–Crippen LogP) is 2.77. The number of aryl methyl sites for hydroxylation is 1. The third-order valence-electron chi connectivity index (χ3n) is 1.81. The van der Waals surface area contributed by atoms with Crippen molar-refractivity contribution >= 4 is 24.4 Å². The maximum atomic E-state index is 5.32. The van der Waals surface area contributed by atoms with Crippen molar-refractivity contribution in [2.24, 2.45) is 0 Å². The molecule has 80 valence electrons. The lowest BCUT2D eigenvalue weighted by atomic mass is 10.3. The molecular weight excluding hydrogens is 216 g/mol. The maximum absolute atomic E-state index is 5.32. The molecule has 0 atom stereocenters. The number of furan rings is 1. The molecule has 0 aliphatic carbocycles. The van der Waals surface area contributed by atoms with E-state index in [0.717, 1.165) is 36.2 Å². The molecule has 1 heterocycles. The maximum Gasteiger partial charge on any atom is 0.116 e. The van der Waals surface area contributed by atoms with Crippen LogP contribution in [-0.2, 0) is 10.5 Å². The predicted molar refractivity (Wildman–Crippen MR) is 64.3 cm³/mol. The Kier molecular flexibility index (Phi) is 6.23. The zero-order valence-electron chi connectivity index (χ0n) is 8.36. The molecule has 2 nitrogen and oxygen atoms in total. The van der Waals surface area contributed by atoms with Crippen LogP contribution in [0.2, 0.25) is 0 Å². The highest BCUT2D eigenvalue weighted by molar-refractivity contribution is 7.98. The summed E-state index contributed by atoms with van der Waals surface area (Å²) in [7, 11) is 0. The molecule has 1 rings (SSSR count). The van der Waals surface area contributed by atoms with Crippen LogP contribution in [0.15, 0.2) is 16.7 Å². The van der Waals surface area contributed by atoms with Gasteiger partial charge in [0, 0.05) is 11.5 Å². The highest BCUT2D eigenvalue weighted by atomic mass is 32.2. The highest BCUT2D eigenvalue weighted by Gasteiger charge is 2.00. The molecule has 0 N–H and O–H groups in total. The van der Waals surface area contributed by atoms with Gasteiger partial charge in [-0.15, -0.1) is 0 Å². The Labute approximate surface area is 94.8 Å². The van der Waals surface area contributed by atoms with Crippen molar-refractivity contribution in [1.82, 2.24) is 0 Å². The third kappa shape index (κ3) is 4.44. The normalized spacial score (nSPS) is 10.7. The molecule has 1 aromatic heterocycles. The molecule has 0 aromatic carbocycles. The summed E-state index contributed by atoms with van der Waals surface area (Å²) < 4.78 is 10.6. The summed E-state index contributed by atoms with van der Waals surface area (Å²) in [5.41, 5.74) is 1.23. The van der Waals surface area contributed by atoms with Gasteiger partial charge in [0.15, 0.2) is 0 Å². The Morgan fingerprint density at radius 1 is 1.50 bits per heavy atom. The van der Waals surface area contributed by atoms with Crippen LogP contribution >= 0.6 is 24.4 Å². The summed E-state index contributed by atoms with van der Waals surface area (Å²) in [6, 6.07) is 1.99. The standard InChI is InChI=1S/C10H16O2S2/c1-9-2-3-12-10(9)8-14-7-5-11-4-6-13/h2-3,13H,4-8H2,1H3. The Balaban J connectivity index is 2.02. The lowest BCUT2D eigenvalue weighted by molar-refractivity contribution is 0.167. The number of hydrogen-bond acceptors (Lipinski definition) is 4. The van der Waals surface area contributed by atoms with E-state index in [1.165, 1.54) is 5.56 Å². The van der Waals surface area contributed by atoms with Crippen LogP contribution in [0.4, 0.5) is 0 Å². The number of thiol groups is 1. The van der Waals surface area contributed by atoms with E-state index in [9.17, 15) is 0 Å². The second-order valence-corrected chi connectivity index (χ2v) is 4.47. The van der Waals surface area contributed by atoms with Crippen LogP contribution in [0.3, 0.4) is 0 Å². The molecule has 0 radical (unpaired) electrons.